The van der Waals surface area contributed by atoms with Crippen molar-refractivity contribution in [3.05, 3.63) is 77.9 Å². The van der Waals surface area contributed by atoms with E-state index >= 15 is 0 Å². The summed E-state index contributed by atoms with van der Waals surface area (Å²) in [6.07, 6.45) is 1.98. The molecule has 176 valence electrons. The Balaban J connectivity index is 1.30. The summed E-state index contributed by atoms with van der Waals surface area (Å²) < 4.78 is 11.5. The number of aromatic amines is 1. The highest BCUT2D eigenvalue weighted by atomic mass is 35.5. The molecular formula is C27H24ClN5O2. The first-order valence-corrected chi connectivity index (χ1v) is 12.0. The standard InChI is InChI=1S/C27H24ClN5O2/c1-17-16-33(12-13-34-17)27-20-8-5-9-23(25(20)35-32-27)30-19-10-11-22(28)21(14-19)26-29-15-24(31-26)18-6-3-2-4-7-18/h2-11,14-15,17,30H,12-13,16H2,1H3,(H,29,31). The number of halogens is 1. The van der Waals surface area contributed by atoms with Gasteiger partial charge < -0.3 is 24.5 Å². The second-order valence-electron chi connectivity index (χ2n) is 8.65. The van der Waals surface area contributed by atoms with Crippen LogP contribution in [0.2, 0.25) is 5.02 Å². The lowest BCUT2D eigenvalue weighted by Crippen LogP contribution is -2.41. The van der Waals surface area contributed by atoms with Crippen LogP contribution in [0.5, 0.6) is 0 Å². The number of hydrogen-bond donors (Lipinski definition) is 2. The van der Waals surface area contributed by atoms with Crippen LogP contribution < -0.4 is 10.2 Å². The molecular weight excluding hydrogens is 462 g/mol. The van der Waals surface area contributed by atoms with E-state index in [1.54, 1.807) is 0 Å². The summed E-state index contributed by atoms with van der Waals surface area (Å²) in [6, 6.07) is 21.9. The van der Waals surface area contributed by atoms with Gasteiger partial charge in [-0.3, -0.25) is 0 Å². The molecule has 0 spiro atoms. The van der Waals surface area contributed by atoms with Crippen molar-refractivity contribution in [3.8, 4) is 22.6 Å². The number of ether oxygens (including phenoxy) is 1. The van der Waals surface area contributed by atoms with Crippen molar-refractivity contribution in [2.45, 2.75) is 13.0 Å². The van der Waals surface area contributed by atoms with Crippen LogP contribution in [0.15, 0.2) is 77.4 Å². The van der Waals surface area contributed by atoms with E-state index in [9.17, 15) is 0 Å². The van der Waals surface area contributed by atoms with Crippen molar-refractivity contribution in [1.82, 2.24) is 15.1 Å². The number of benzene rings is 3. The Hall–Kier alpha value is -3.81. The van der Waals surface area contributed by atoms with Gasteiger partial charge in [0.15, 0.2) is 11.4 Å². The fourth-order valence-corrected chi connectivity index (χ4v) is 4.66. The third kappa shape index (κ3) is 4.24. The predicted octanol–water partition coefficient (Wildman–Crippen LogP) is 6.51. The average Bonchev–Trinajstić information content (AvgIpc) is 3.54. The summed E-state index contributed by atoms with van der Waals surface area (Å²) >= 11 is 6.55. The molecule has 7 nitrogen and oxygen atoms in total. The van der Waals surface area contributed by atoms with Gasteiger partial charge in [0.25, 0.3) is 0 Å². The van der Waals surface area contributed by atoms with Crippen molar-refractivity contribution in [3.63, 3.8) is 0 Å². The van der Waals surface area contributed by atoms with E-state index in [0.717, 1.165) is 52.5 Å². The average molecular weight is 486 g/mol. The Bertz CT molecular complexity index is 1480. The van der Waals surface area contributed by atoms with Crippen LogP contribution in [0.1, 0.15) is 6.92 Å². The third-order valence-electron chi connectivity index (χ3n) is 6.18. The maximum Gasteiger partial charge on any atom is 0.192 e. The number of hydrogen-bond acceptors (Lipinski definition) is 6. The van der Waals surface area contributed by atoms with Crippen LogP contribution in [0, 0.1) is 0 Å². The lowest BCUT2D eigenvalue weighted by Gasteiger charge is -2.30. The minimum absolute atomic E-state index is 0.160. The van der Waals surface area contributed by atoms with Crippen molar-refractivity contribution >= 4 is 39.8 Å². The zero-order chi connectivity index (χ0) is 23.8. The molecule has 2 N–H and O–H groups in total. The van der Waals surface area contributed by atoms with Crippen molar-refractivity contribution in [1.29, 1.82) is 0 Å². The van der Waals surface area contributed by atoms with E-state index in [4.69, 9.17) is 20.9 Å². The number of imidazole rings is 1. The Morgan fingerprint density at radius 1 is 1.09 bits per heavy atom. The number of nitrogens with zero attached hydrogens (tertiary/aromatic N) is 3. The first kappa shape index (κ1) is 21.7. The smallest absolute Gasteiger partial charge is 0.192 e. The Morgan fingerprint density at radius 3 is 2.83 bits per heavy atom. The van der Waals surface area contributed by atoms with Gasteiger partial charge in [-0.1, -0.05) is 53.2 Å². The Labute approximate surface area is 207 Å². The highest BCUT2D eigenvalue weighted by Crippen LogP contribution is 2.35. The molecule has 0 radical (unpaired) electrons. The molecule has 8 heteroatoms. The molecule has 1 saturated heterocycles. The highest BCUT2D eigenvalue weighted by Gasteiger charge is 2.23. The van der Waals surface area contributed by atoms with E-state index in [2.05, 4.69) is 32.3 Å². The maximum atomic E-state index is 6.55. The molecule has 6 rings (SSSR count). The second kappa shape index (κ2) is 9.09. The molecule has 3 heterocycles. The fraction of sp³-hybridized carbons (Fsp3) is 0.185. The summed E-state index contributed by atoms with van der Waals surface area (Å²) in [4.78, 5) is 10.2. The van der Waals surface area contributed by atoms with Gasteiger partial charge in [0, 0.05) is 24.3 Å². The molecule has 1 aliphatic rings. The predicted molar refractivity (Wildman–Crippen MR) is 139 cm³/mol. The van der Waals surface area contributed by atoms with Gasteiger partial charge in [-0.25, -0.2) is 4.98 Å². The number of nitrogens with one attached hydrogen (secondary N) is 2. The normalized spacial score (nSPS) is 16.1. The number of fused-ring (bicyclic) bond motifs is 1. The van der Waals surface area contributed by atoms with Gasteiger partial charge >= 0.3 is 0 Å². The van der Waals surface area contributed by atoms with Crippen LogP contribution in [-0.4, -0.2) is 40.9 Å². The summed E-state index contributed by atoms with van der Waals surface area (Å²) in [5.74, 6) is 1.55. The van der Waals surface area contributed by atoms with E-state index in [1.807, 2.05) is 72.9 Å². The molecule has 0 aliphatic carbocycles. The van der Waals surface area contributed by atoms with Crippen LogP contribution in [-0.2, 0) is 4.74 Å². The maximum absolute atomic E-state index is 6.55. The zero-order valence-corrected chi connectivity index (χ0v) is 19.9. The highest BCUT2D eigenvalue weighted by molar-refractivity contribution is 6.33. The minimum atomic E-state index is 0.160. The second-order valence-corrected chi connectivity index (χ2v) is 9.05. The lowest BCUT2D eigenvalue weighted by molar-refractivity contribution is 0.0528. The fourth-order valence-electron chi connectivity index (χ4n) is 4.45. The van der Waals surface area contributed by atoms with Crippen LogP contribution in [0.3, 0.4) is 0 Å². The monoisotopic (exact) mass is 485 g/mol. The molecule has 2 aromatic heterocycles. The van der Waals surface area contributed by atoms with Gasteiger partial charge in [0.1, 0.15) is 5.82 Å². The largest absolute Gasteiger partial charge is 0.375 e. The number of H-pyrrole nitrogens is 1. The van der Waals surface area contributed by atoms with E-state index < -0.39 is 0 Å². The van der Waals surface area contributed by atoms with Crippen molar-refractivity contribution in [2.24, 2.45) is 0 Å². The number of morpholine rings is 1. The van der Waals surface area contributed by atoms with Gasteiger partial charge in [-0.05, 0) is 42.8 Å². The molecule has 1 aliphatic heterocycles. The van der Waals surface area contributed by atoms with E-state index in [0.29, 0.717) is 23.0 Å². The topological polar surface area (TPSA) is 79.2 Å². The van der Waals surface area contributed by atoms with Gasteiger partial charge in [-0.15, -0.1) is 0 Å². The summed E-state index contributed by atoms with van der Waals surface area (Å²) in [5.41, 5.74) is 5.23. The van der Waals surface area contributed by atoms with Crippen LogP contribution in [0.25, 0.3) is 33.6 Å². The third-order valence-corrected chi connectivity index (χ3v) is 6.51. The van der Waals surface area contributed by atoms with Gasteiger partial charge in [0.05, 0.1) is 40.7 Å². The zero-order valence-electron chi connectivity index (χ0n) is 19.2. The summed E-state index contributed by atoms with van der Waals surface area (Å²) in [7, 11) is 0. The van der Waals surface area contributed by atoms with Gasteiger partial charge in [0.2, 0.25) is 0 Å². The number of anilines is 3. The van der Waals surface area contributed by atoms with Crippen LogP contribution >= 0.6 is 11.6 Å². The van der Waals surface area contributed by atoms with Crippen molar-refractivity contribution in [2.75, 3.05) is 29.9 Å². The van der Waals surface area contributed by atoms with E-state index in [1.165, 1.54) is 0 Å². The minimum Gasteiger partial charge on any atom is -0.375 e. The molecule has 0 bridgehead atoms. The molecule has 1 fully saturated rings. The van der Waals surface area contributed by atoms with Crippen molar-refractivity contribution < 1.29 is 9.26 Å². The Morgan fingerprint density at radius 2 is 1.97 bits per heavy atom. The van der Waals surface area contributed by atoms with E-state index in [-0.39, 0.29) is 6.10 Å². The van der Waals surface area contributed by atoms with Gasteiger partial charge in [-0.2, -0.15) is 0 Å². The number of rotatable bonds is 5. The molecule has 0 amide bonds. The first-order valence-electron chi connectivity index (χ1n) is 11.6. The number of para-hydroxylation sites is 1. The summed E-state index contributed by atoms with van der Waals surface area (Å²) in [6.45, 7) is 4.33. The lowest BCUT2D eigenvalue weighted by atomic mass is 10.1. The van der Waals surface area contributed by atoms with Crippen LogP contribution in [0.4, 0.5) is 17.2 Å². The molecule has 1 unspecified atom stereocenters. The SMILES string of the molecule is CC1CN(c2noc3c(Nc4ccc(Cl)c(-c5ncc(-c6ccccc6)[nH]5)c4)cccc23)CCO1. The molecule has 5 aromatic rings. The first-order chi connectivity index (χ1) is 17.2. The molecule has 35 heavy (non-hydrogen) atoms. The number of aromatic nitrogens is 3. The summed E-state index contributed by atoms with van der Waals surface area (Å²) in [5, 5.41) is 9.44. The molecule has 0 saturated carbocycles. The molecule has 1 atom stereocenters. The Kier molecular flexibility index (Phi) is 5.64. The quantitative estimate of drug-likeness (QED) is 0.295. The molecule has 3 aromatic carbocycles.